The predicted octanol–water partition coefficient (Wildman–Crippen LogP) is 7.50. The third kappa shape index (κ3) is 7.45. The number of unbranched alkanes of at least 4 members (excludes halogenated alkanes) is 2. The number of para-hydroxylation sites is 2. The zero-order valence-electron chi connectivity index (χ0n) is 20.9. The Morgan fingerprint density at radius 1 is 0.649 bits per heavy atom. The molecule has 0 heterocycles. The van der Waals surface area contributed by atoms with E-state index in [1.165, 1.54) is 0 Å². The maximum absolute atomic E-state index is 13.0. The first-order valence-electron chi connectivity index (χ1n) is 12.5. The van der Waals surface area contributed by atoms with Gasteiger partial charge in [-0.25, -0.2) is 0 Å². The number of amides is 2. The molecule has 4 aromatic rings. The average Bonchev–Trinajstić information content (AvgIpc) is 2.93. The van der Waals surface area contributed by atoms with Crippen molar-refractivity contribution in [2.45, 2.75) is 26.2 Å². The molecule has 4 aromatic carbocycles. The quantitative estimate of drug-likeness (QED) is 0.189. The second-order valence-corrected chi connectivity index (χ2v) is 8.60. The largest absolute Gasteiger partial charge is 0.494 e. The lowest BCUT2D eigenvalue weighted by Crippen LogP contribution is -2.18. The molecular weight excluding hydrogens is 462 g/mol. The minimum atomic E-state index is -0.310. The van der Waals surface area contributed by atoms with Crippen LogP contribution in [0.1, 0.15) is 46.9 Å². The minimum absolute atomic E-state index is 0.297. The Morgan fingerprint density at radius 2 is 1.30 bits per heavy atom. The lowest BCUT2D eigenvalue weighted by Gasteiger charge is -2.13. The van der Waals surface area contributed by atoms with Gasteiger partial charge in [-0.3, -0.25) is 9.59 Å². The number of hydrogen-bond donors (Lipinski definition) is 3. The fraction of sp³-hybridized carbons (Fsp3) is 0.161. The van der Waals surface area contributed by atoms with E-state index in [9.17, 15) is 9.59 Å². The van der Waals surface area contributed by atoms with E-state index in [1.54, 1.807) is 48.5 Å². The first kappa shape index (κ1) is 25.5. The van der Waals surface area contributed by atoms with Crippen LogP contribution in [0.5, 0.6) is 5.75 Å². The van der Waals surface area contributed by atoms with Gasteiger partial charge >= 0.3 is 0 Å². The summed E-state index contributed by atoms with van der Waals surface area (Å²) in [6.07, 6.45) is 3.27. The maximum Gasteiger partial charge on any atom is 0.257 e. The van der Waals surface area contributed by atoms with E-state index in [-0.39, 0.29) is 11.8 Å². The molecule has 0 aliphatic carbocycles. The van der Waals surface area contributed by atoms with Gasteiger partial charge in [-0.1, -0.05) is 50.1 Å². The Kier molecular flexibility index (Phi) is 8.92. The predicted molar refractivity (Wildman–Crippen MR) is 150 cm³/mol. The molecule has 188 valence electrons. The standard InChI is InChI=1S/C31H31N3O3/c1-2-3-9-22-37-27-20-14-23(15-21-27)30(35)34-29-13-8-7-12-28(29)31(36)33-26-18-16-25(17-19-26)32-24-10-5-4-6-11-24/h4-8,10-21,32H,2-3,9,22H2,1H3,(H,33,36)(H,34,35). The van der Waals surface area contributed by atoms with Crippen LogP contribution in [0.2, 0.25) is 0 Å². The summed E-state index contributed by atoms with van der Waals surface area (Å²) in [5.41, 5.74) is 3.84. The second kappa shape index (κ2) is 12.9. The molecule has 0 aromatic heterocycles. The molecule has 0 fully saturated rings. The van der Waals surface area contributed by atoms with Crippen molar-refractivity contribution in [2.75, 3.05) is 22.6 Å². The molecule has 6 heteroatoms. The molecule has 0 saturated carbocycles. The van der Waals surface area contributed by atoms with Crippen molar-refractivity contribution in [3.05, 3.63) is 114 Å². The Morgan fingerprint density at radius 3 is 2.03 bits per heavy atom. The number of hydrogen-bond acceptors (Lipinski definition) is 4. The lowest BCUT2D eigenvalue weighted by molar-refractivity contribution is 0.102. The van der Waals surface area contributed by atoms with E-state index in [0.717, 1.165) is 36.4 Å². The number of ether oxygens (including phenoxy) is 1. The number of benzene rings is 4. The SMILES string of the molecule is CCCCCOc1ccc(C(=O)Nc2ccccc2C(=O)Nc2ccc(Nc3ccccc3)cc2)cc1. The van der Waals surface area contributed by atoms with Crippen LogP contribution in [-0.2, 0) is 0 Å². The zero-order valence-corrected chi connectivity index (χ0v) is 20.9. The van der Waals surface area contributed by atoms with Gasteiger partial charge in [0.05, 0.1) is 17.9 Å². The highest BCUT2D eigenvalue weighted by molar-refractivity contribution is 6.12. The van der Waals surface area contributed by atoms with Crippen LogP contribution >= 0.6 is 0 Å². The molecule has 3 N–H and O–H groups in total. The summed E-state index contributed by atoms with van der Waals surface area (Å²) in [4.78, 5) is 25.9. The van der Waals surface area contributed by atoms with Crippen molar-refractivity contribution in [2.24, 2.45) is 0 Å². The molecule has 37 heavy (non-hydrogen) atoms. The Labute approximate surface area is 217 Å². The fourth-order valence-electron chi connectivity index (χ4n) is 3.75. The molecule has 0 aliphatic rings. The van der Waals surface area contributed by atoms with Gasteiger partial charge in [-0.05, 0) is 79.2 Å². The van der Waals surface area contributed by atoms with Gasteiger partial charge in [0.1, 0.15) is 5.75 Å². The van der Waals surface area contributed by atoms with E-state index >= 15 is 0 Å². The van der Waals surface area contributed by atoms with Gasteiger partial charge in [0, 0.05) is 22.6 Å². The van der Waals surface area contributed by atoms with Crippen molar-refractivity contribution in [1.29, 1.82) is 0 Å². The van der Waals surface area contributed by atoms with Crippen LogP contribution in [0.4, 0.5) is 22.7 Å². The highest BCUT2D eigenvalue weighted by Crippen LogP contribution is 2.22. The molecule has 0 atom stereocenters. The number of carbonyl (C=O) groups excluding carboxylic acids is 2. The van der Waals surface area contributed by atoms with Crippen LogP contribution in [-0.4, -0.2) is 18.4 Å². The average molecular weight is 494 g/mol. The van der Waals surface area contributed by atoms with Crippen LogP contribution in [0, 0.1) is 0 Å². The third-order valence-electron chi connectivity index (χ3n) is 5.76. The van der Waals surface area contributed by atoms with Crippen molar-refractivity contribution >= 4 is 34.6 Å². The molecule has 0 unspecified atom stereocenters. The van der Waals surface area contributed by atoms with Gasteiger partial charge < -0.3 is 20.7 Å². The number of nitrogens with one attached hydrogen (secondary N) is 3. The molecule has 6 nitrogen and oxygen atoms in total. The summed E-state index contributed by atoms with van der Waals surface area (Å²) in [5, 5.41) is 9.08. The van der Waals surface area contributed by atoms with Crippen molar-refractivity contribution in [3.63, 3.8) is 0 Å². The molecule has 0 radical (unpaired) electrons. The molecule has 0 saturated heterocycles. The maximum atomic E-state index is 13.0. The minimum Gasteiger partial charge on any atom is -0.494 e. The van der Waals surface area contributed by atoms with E-state index in [2.05, 4.69) is 22.9 Å². The van der Waals surface area contributed by atoms with Crippen molar-refractivity contribution in [1.82, 2.24) is 0 Å². The Balaban J connectivity index is 1.37. The van der Waals surface area contributed by atoms with Crippen molar-refractivity contribution < 1.29 is 14.3 Å². The molecule has 0 spiro atoms. The normalized spacial score (nSPS) is 10.4. The van der Waals surface area contributed by atoms with Gasteiger partial charge in [0.2, 0.25) is 0 Å². The van der Waals surface area contributed by atoms with Gasteiger partial charge in [-0.15, -0.1) is 0 Å². The van der Waals surface area contributed by atoms with Gasteiger partial charge in [0.25, 0.3) is 11.8 Å². The summed E-state index contributed by atoms with van der Waals surface area (Å²) in [7, 11) is 0. The summed E-state index contributed by atoms with van der Waals surface area (Å²) in [5.74, 6) is 0.127. The van der Waals surface area contributed by atoms with E-state index in [4.69, 9.17) is 4.74 Å². The zero-order chi connectivity index (χ0) is 25.9. The third-order valence-corrected chi connectivity index (χ3v) is 5.76. The summed E-state index contributed by atoms with van der Waals surface area (Å²) in [6.45, 7) is 2.81. The second-order valence-electron chi connectivity index (χ2n) is 8.60. The Bertz CT molecular complexity index is 1300. The number of rotatable bonds is 11. The first-order valence-corrected chi connectivity index (χ1v) is 12.5. The van der Waals surface area contributed by atoms with Crippen LogP contribution in [0.15, 0.2) is 103 Å². The van der Waals surface area contributed by atoms with E-state index in [1.807, 2.05) is 54.6 Å². The summed E-state index contributed by atoms with van der Waals surface area (Å²) >= 11 is 0. The summed E-state index contributed by atoms with van der Waals surface area (Å²) < 4.78 is 5.72. The molecule has 0 bridgehead atoms. The molecule has 0 aliphatic heterocycles. The van der Waals surface area contributed by atoms with Gasteiger partial charge in [0.15, 0.2) is 0 Å². The highest BCUT2D eigenvalue weighted by Gasteiger charge is 2.14. The van der Waals surface area contributed by atoms with E-state index < -0.39 is 0 Å². The molecule has 4 rings (SSSR count). The molecular formula is C31H31N3O3. The van der Waals surface area contributed by atoms with Gasteiger partial charge in [-0.2, -0.15) is 0 Å². The lowest BCUT2D eigenvalue weighted by atomic mass is 10.1. The Hall–Kier alpha value is -4.58. The smallest absolute Gasteiger partial charge is 0.257 e. The molecule has 2 amide bonds. The topological polar surface area (TPSA) is 79.5 Å². The first-order chi connectivity index (χ1) is 18.1. The van der Waals surface area contributed by atoms with Crippen LogP contribution in [0.3, 0.4) is 0 Å². The van der Waals surface area contributed by atoms with Crippen molar-refractivity contribution in [3.8, 4) is 5.75 Å². The van der Waals surface area contributed by atoms with Crippen LogP contribution in [0.25, 0.3) is 0 Å². The highest BCUT2D eigenvalue weighted by atomic mass is 16.5. The van der Waals surface area contributed by atoms with E-state index in [0.29, 0.717) is 29.1 Å². The monoisotopic (exact) mass is 493 g/mol. The number of anilines is 4. The van der Waals surface area contributed by atoms with Crippen LogP contribution < -0.4 is 20.7 Å². The summed E-state index contributed by atoms with van der Waals surface area (Å²) in [6, 6.07) is 31.3. The number of carbonyl (C=O) groups is 2. The fourth-order valence-corrected chi connectivity index (χ4v) is 3.75.